The van der Waals surface area contributed by atoms with Gasteiger partial charge in [0.1, 0.15) is 0 Å². The molecule has 0 spiro atoms. The first-order valence-corrected chi connectivity index (χ1v) is 24.8. The van der Waals surface area contributed by atoms with E-state index in [-0.39, 0.29) is 6.61 Å². The molecule has 0 unspecified atom stereocenters. The smallest absolute Gasteiger partial charge is 0.303 e. The van der Waals surface area contributed by atoms with Gasteiger partial charge in [0.25, 0.3) is 0 Å². The van der Waals surface area contributed by atoms with Gasteiger partial charge in [-0.1, -0.05) is 128 Å². The normalized spacial score (nSPS) is 15.0. The van der Waals surface area contributed by atoms with E-state index in [1.807, 2.05) is 6.92 Å². The molecule has 0 heterocycles. The highest BCUT2D eigenvalue weighted by Crippen LogP contribution is 2.35. The summed E-state index contributed by atoms with van der Waals surface area (Å²) in [6.45, 7) is 26.7. The maximum atomic E-state index is 10.8. The molecule has 0 saturated heterocycles. The van der Waals surface area contributed by atoms with Crippen molar-refractivity contribution in [1.82, 2.24) is 0 Å². The molecule has 340 valence electrons. The van der Waals surface area contributed by atoms with E-state index in [4.69, 9.17) is 9.79 Å². The van der Waals surface area contributed by atoms with E-state index in [1.54, 1.807) is 6.08 Å². The molecular formula is C55H91O4P. The summed E-state index contributed by atoms with van der Waals surface area (Å²) in [4.78, 5) is 17.5. The average molecular weight is 847 g/mol. The summed E-state index contributed by atoms with van der Waals surface area (Å²) in [5.41, 5.74) is 15.9. The fourth-order valence-electron chi connectivity index (χ4n) is 6.80. The second-order valence-corrected chi connectivity index (χ2v) is 19.2. The van der Waals surface area contributed by atoms with Crippen LogP contribution in [0, 0.1) is 0 Å². The molecular weight excluding hydrogens is 756 g/mol. The van der Waals surface area contributed by atoms with E-state index in [1.165, 1.54) is 75.0 Å². The Morgan fingerprint density at radius 1 is 0.317 bits per heavy atom. The molecule has 0 amide bonds. The molecule has 0 bridgehead atoms. The predicted octanol–water partition coefficient (Wildman–Crippen LogP) is 18.3. The fourth-order valence-corrected chi connectivity index (χ4v) is 7.07. The number of phosphoric acid groups is 1. The Bertz CT molecular complexity index is 1600. The minimum atomic E-state index is -4.40. The minimum Gasteiger partial charge on any atom is -0.303 e. The monoisotopic (exact) mass is 847 g/mol. The highest BCUT2D eigenvalue weighted by atomic mass is 31.2. The summed E-state index contributed by atoms with van der Waals surface area (Å²) < 4.78 is 15.3. The van der Waals surface area contributed by atoms with E-state index in [0.29, 0.717) is 0 Å². The summed E-state index contributed by atoms with van der Waals surface area (Å²) in [7, 11) is -4.40. The maximum absolute atomic E-state index is 10.8. The van der Waals surface area contributed by atoms with Crippen LogP contribution in [0.4, 0.5) is 0 Å². The molecule has 0 aliphatic rings. The van der Waals surface area contributed by atoms with Crippen LogP contribution in [-0.2, 0) is 9.09 Å². The number of allylic oxidation sites excluding steroid dienone is 21. The quantitative estimate of drug-likeness (QED) is 0.0510. The Labute approximate surface area is 371 Å². The van der Waals surface area contributed by atoms with Gasteiger partial charge in [-0.15, -0.1) is 0 Å². The molecule has 0 aromatic rings. The van der Waals surface area contributed by atoms with Gasteiger partial charge in [0.15, 0.2) is 0 Å². The molecule has 5 heteroatoms. The summed E-state index contributed by atoms with van der Waals surface area (Å²) in [6, 6.07) is 0. The van der Waals surface area contributed by atoms with Gasteiger partial charge >= 0.3 is 7.82 Å². The van der Waals surface area contributed by atoms with Crippen molar-refractivity contribution in [1.29, 1.82) is 0 Å². The highest BCUT2D eigenvalue weighted by molar-refractivity contribution is 7.46. The molecule has 0 aliphatic carbocycles. The Hall–Kier alpha value is -2.75. The number of phosphoric ester groups is 1. The summed E-state index contributed by atoms with van der Waals surface area (Å²) >= 11 is 0. The van der Waals surface area contributed by atoms with Gasteiger partial charge < -0.3 is 9.79 Å². The topological polar surface area (TPSA) is 66.8 Å². The zero-order chi connectivity index (χ0) is 45.2. The lowest BCUT2D eigenvalue weighted by Gasteiger charge is -2.04. The Balaban J connectivity index is 4.28. The molecule has 0 aliphatic heterocycles. The SMILES string of the molecule is CC(C)=CCC/C(C)=C/CC/C(C)=C/CC/C(C)=C/CC/C(C)=C/CC/C(C)=C/CC/C(C)=C/CC/C(C)=C/CC/C(C)=C/CC/C(C)=C/CC/C(C)=C/COP(=O)(O)O. The zero-order valence-electron chi connectivity index (χ0n) is 40.9. The Kier molecular flexibility index (Phi) is 34.2. The summed E-state index contributed by atoms with van der Waals surface area (Å²) in [5, 5.41) is 0. The van der Waals surface area contributed by atoms with Gasteiger partial charge in [-0.25, -0.2) is 4.57 Å². The molecule has 0 saturated carbocycles. The van der Waals surface area contributed by atoms with Crippen molar-refractivity contribution in [2.45, 2.75) is 212 Å². The lowest BCUT2D eigenvalue weighted by molar-refractivity contribution is 0.215. The number of rotatable bonds is 33. The van der Waals surface area contributed by atoms with Gasteiger partial charge in [-0.05, 0) is 212 Å². The van der Waals surface area contributed by atoms with Crippen molar-refractivity contribution in [2.75, 3.05) is 6.61 Å². The van der Waals surface area contributed by atoms with Crippen molar-refractivity contribution >= 4 is 7.82 Å². The molecule has 0 aromatic heterocycles. The molecule has 0 radical (unpaired) electrons. The van der Waals surface area contributed by atoms with Crippen LogP contribution >= 0.6 is 7.82 Å². The third kappa shape index (κ3) is 39.4. The van der Waals surface area contributed by atoms with Crippen molar-refractivity contribution in [3.8, 4) is 0 Å². The first kappa shape index (κ1) is 57.2. The van der Waals surface area contributed by atoms with Crippen molar-refractivity contribution in [3.05, 3.63) is 128 Å². The third-order valence-electron chi connectivity index (χ3n) is 11.0. The summed E-state index contributed by atoms with van der Waals surface area (Å²) in [5.74, 6) is 0. The van der Waals surface area contributed by atoms with E-state index in [0.717, 1.165) is 115 Å². The van der Waals surface area contributed by atoms with Crippen LogP contribution in [0.5, 0.6) is 0 Å². The van der Waals surface area contributed by atoms with Crippen LogP contribution in [0.15, 0.2) is 128 Å². The van der Waals surface area contributed by atoms with E-state index in [9.17, 15) is 4.57 Å². The Morgan fingerprint density at radius 2 is 0.483 bits per heavy atom. The molecule has 60 heavy (non-hydrogen) atoms. The standard InChI is InChI=1S/C55H91O4P/c1-45(2)23-13-24-46(3)25-14-26-47(4)27-15-28-48(5)29-16-30-49(6)31-17-32-50(7)33-18-34-51(8)35-19-36-52(9)37-20-38-53(10)39-21-40-54(11)41-22-42-55(12)43-44-59-60(56,57)58/h23,25,27,29,31,33,35,37,39,41,43H,13-22,24,26,28,30,32,34,36,38,40,42,44H2,1-12H3,(H2,56,57,58)/b46-25+,47-27+,48-29+,49-31+,50-33+,51-35+,52-37+,53-39+,54-41+,55-43+. The first-order valence-electron chi connectivity index (χ1n) is 23.3. The molecule has 0 atom stereocenters. The van der Waals surface area contributed by atoms with Crippen molar-refractivity contribution in [2.24, 2.45) is 0 Å². The van der Waals surface area contributed by atoms with Crippen molar-refractivity contribution < 1.29 is 18.9 Å². The van der Waals surface area contributed by atoms with Gasteiger partial charge in [0.2, 0.25) is 0 Å². The highest BCUT2D eigenvalue weighted by Gasteiger charge is 2.11. The minimum absolute atomic E-state index is 0.0550. The third-order valence-corrected chi connectivity index (χ3v) is 11.5. The lowest BCUT2D eigenvalue weighted by Crippen LogP contribution is -1.89. The molecule has 0 aromatic carbocycles. The largest absolute Gasteiger partial charge is 0.469 e. The van der Waals surface area contributed by atoms with Gasteiger partial charge in [-0.2, -0.15) is 0 Å². The van der Waals surface area contributed by atoms with E-state index >= 15 is 0 Å². The van der Waals surface area contributed by atoms with Gasteiger partial charge in [0.05, 0.1) is 6.61 Å². The first-order chi connectivity index (χ1) is 28.4. The lowest BCUT2D eigenvalue weighted by atomic mass is 10.0. The van der Waals surface area contributed by atoms with E-state index in [2.05, 4.69) is 141 Å². The maximum Gasteiger partial charge on any atom is 0.469 e. The van der Waals surface area contributed by atoms with Crippen LogP contribution in [0.3, 0.4) is 0 Å². The second kappa shape index (κ2) is 35.8. The average Bonchev–Trinajstić information content (AvgIpc) is 3.14. The van der Waals surface area contributed by atoms with Crippen LogP contribution in [0.1, 0.15) is 212 Å². The van der Waals surface area contributed by atoms with Crippen LogP contribution in [0.2, 0.25) is 0 Å². The van der Waals surface area contributed by atoms with Gasteiger partial charge in [-0.3, -0.25) is 4.52 Å². The van der Waals surface area contributed by atoms with Crippen molar-refractivity contribution in [3.63, 3.8) is 0 Å². The predicted molar refractivity (Wildman–Crippen MR) is 267 cm³/mol. The van der Waals surface area contributed by atoms with Crippen LogP contribution < -0.4 is 0 Å². The summed E-state index contributed by atoms with van der Waals surface area (Å²) in [6.07, 6.45) is 48.1. The molecule has 0 fully saturated rings. The fraction of sp³-hybridized carbons (Fsp3) is 0.600. The number of hydrogen-bond donors (Lipinski definition) is 2. The molecule has 0 rings (SSSR count). The van der Waals surface area contributed by atoms with Gasteiger partial charge in [0, 0.05) is 0 Å². The molecule has 2 N–H and O–H groups in total. The van der Waals surface area contributed by atoms with Crippen LogP contribution in [-0.4, -0.2) is 16.4 Å². The number of hydrogen-bond acceptors (Lipinski definition) is 2. The van der Waals surface area contributed by atoms with E-state index < -0.39 is 7.82 Å². The molecule has 4 nitrogen and oxygen atoms in total. The zero-order valence-corrected chi connectivity index (χ0v) is 41.8. The Morgan fingerprint density at radius 3 is 0.650 bits per heavy atom. The van der Waals surface area contributed by atoms with Crippen LogP contribution in [0.25, 0.3) is 0 Å². The second-order valence-electron chi connectivity index (χ2n) is 18.0.